The summed E-state index contributed by atoms with van der Waals surface area (Å²) in [5.41, 5.74) is 2.18. The topological polar surface area (TPSA) is 43.4 Å². The first-order chi connectivity index (χ1) is 9.72. The third-order valence-corrected chi connectivity index (χ3v) is 3.20. The van der Waals surface area contributed by atoms with Gasteiger partial charge in [0.1, 0.15) is 5.75 Å². The van der Waals surface area contributed by atoms with Crippen molar-refractivity contribution in [3.8, 4) is 11.6 Å². The van der Waals surface area contributed by atoms with Gasteiger partial charge in [0.05, 0.1) is 19.9 Å². The van der Waals surface area contributed by atoms with Crippen molar-refractivity contribution in [1.29, 1.82) is 0 Å². The van der Waals surface area contributed by atoms with Crippen molar-refractivity contribution in [3.63, 3.8) is 0 Å². The molecule has 2 aromatic rings. The molecule has 1 heterocycles. The van der Waals surface area contributed by atoms with Crippen LogP contribution in [-0.2, 0) is 6.54 Å². The fourth-order valence-corrected chi connectivity index (χ4v) is 1.94. The van der Waals surface area contributed by atoms with E-state index in [9.17, 15) is 0 Å². The van der Waals surface area contributed by atoms with Crippen molar-refractivity contribution >= 4 is 0 Å². The predicted octanol–water partition coefficient (Wildman–Crippen LogP) is 2.95. The average Bonchev–Trinajstić information content (AvgIpc) is 2.53. The highest BCUT2D eigenvalue weighted by Crippen LogP contribution is 2.17. The van der Waals surface area contributed by atoms with Crippen LogP contribution >= 0.6 is 0 Å². The molecule has 1 aromatic carbocycles. The Morgan fingerprint density at radius 3 is 2.45 bits per heavy atom. The lowest BCUT2D eigenvalue weighted by atomic mass is 10.1. The van der Waals surface area contributed by atoms with Gasteiger partial charge < -0.3 is 14.8 Å². The smallest absolute Gasteiger partial charge is 0.213 e. The van der Waals surface area contributed by atoms with Crippen LogP contribution in [0.25, 0.3) is 0 Å². The van der Waals surface area contributed by atoms with Crippen LogP contribution in [0, 0.1) is 0 Å². The lowest BCUT2D eigenvalue weighted by molar-refractivity contribution is 0.395. The van der Waals surface area contributed by atoms with Gasteiger partial charge in [-0.3, -0.25) is 0 Å². The summed E-state index contributed by atoms with van der Waals surface area (Å²) in [5.74, 6) is 1.51. The van der Waals surface area contributed by atoms with Crippen molar-refractivity contribution < 1.29 is 9.47 Å². The van der Waals surface area contributed by atoms with E-state index >= 15 is 0 Å². The molecular weight excluding hydrogens is 252 g/mol. The molecule has 2 rings (SSSR count). The molecule has 0 radical (unpaired) electrons. The number of nitrogens with zero attached hydrogens (tertiary/aromatic N) is 1. The predicted molar refractivity (Wildman–Crippen MR) is 79.0 cm³/mol. The Morgan fingerprint density at radius 2 is 1.80 bits per heavy atom. The highest BCUT2D eigenvalue weighted by molar-refractivity contribution is 5.28. The zero-order valence-corrected chi connectivity index (χ0v) is 12.1. The van der Waals surface area contributed by atoms with Gasteiger partial charge in [0, 0.05) is 18.7 Å². The molecule has 0 saturated heterocycles. The van der Waals surface area contributed by atoms with Gasteiger partial charge >= 0.3 is 0 Å². The van der Waals surface area contributed by atoms with Gasteiger partial charge in [-0.25, -0.2) is 4.98 Å². The molecule has 106 valence electrons. The lowest BCUT2D eigenvalue weighted by Crippen LogP contribution is -2.18. The molecule has 4 nitrogen and oxygen atoms in total. The number of nitrogens with one attached hydrogen (secondary N) is 1. The number of methoxy groups -OCH3 is 2. The molecule has 0 aliphatic rings. The molecule has 0 fully saturated rings. The van der Waals surface area contributed by atoms with Crippen molar-refractivity contribution in [2.45, 2.75) is 19.5 Å². The minimum absolute atomic E-state index is 0.244. The number of ether oxygens (including phenoxy) is 2. The highest BCUT2D eigenvalue weighted by atomic mass is 16.5. The molecular formula is C16H20N2O2. The van der Waals surface area contributed by atoms with Crippen LogP contribution in [0.2, 0.25) is 0 Å². The molecule has 0 bridgehead atoms. The third-order valence-electron chi connectivity index (χ3n) is 3.20. The Balaban J connectivity index is 1.95. The summed E-state index contributed by atoms with van der Waals surface area (Å²) in [6.45, 7) is 2.83. The van der Waals surface area contributed by atoms with Gasteiger partial charge in [-0.05, 0) is 30.7 Å². The number of hydrogen-bond donors (Lipinski definition) is 1. The molecule has 20 heavy (non-hydrogen) atoms. The lowest BCUT2D eigenvalue weighted by Gasteiger charge is -2.14. The zero-order chi connectivity index (χ0) is 14.4. The largest absolute Gasteiger partial charge is 0.497 e. The first-order valence-corrected chi connectivity index (χ1v) is 6.60. The normalized spacial score (nSPS) is 11.9. The average molecular weight is 272 g/mol. The molecule has 1 atom stereocenters. The summed E-state index contributed by atoms with van der Waals surface area (Å²) < 4.78 is 10.3. The van der Waals surface area contributed by atoms with E-state index < -0.39 is 0 Å². The summed E-state index contributed by atoms with van der Waals surface area (Å²) in [7, 11) is 3.30. The van der Waals surface area contributed by atoms with Crippen molar-refractivity contribution in [2.24, 2.45) is 0 Å². The molecule has 0 aliphatic carbocycles. The monoisotopic (exact) mass is 272 g/mol. The molecule has 4 heteroatoms. The number of hydrogen-bond acceptors (Lipinski definition) is 4. The first-order valence-electron chi connectivity index (χ1n) is 6.60. The van der Waals surface area contributed by atoms with E-state index in [-0.39, 0.29) is 6.04 Å². The molecule has 1 aromatic heterocycles. The maximum absolute atomic E-state index is 5.16. The molecule has 0 saturated carbocycles. The Hall–Kier alpha value is -2.07. The van der Waals surface area contributed by atoms with E-state index in [1.165, 1.54) is 5.56 Å². The second-order valence-electron chi connectivity index (χ2n) is 4.55. The summed E-state index contributed by atoms with van der Waals surface area (Å²) in [6, 6.07) is 14.1. The minimum Gasteiger partial charge on any atom is -0.497 e. The molecule has 0 unspecified atom stereocenters. The zero-order valence-electron chi connectivity index (χ0n) is 12.1. The van der Waals surface area contributed by atoms with Crippen LogP contribution in [0.15, 0.2) is 42.5 Å². The SMILES string of the molecule is COc1ccc([C@@H](C)NCc2cccc(OC)n2)cc1. The molecule has 0 amide bonds. The van der Waals surface area contributed by atoms with Gasteiger partial charge in [-0.15, -0.1) is 0 Å². The summed E-state index contributed by atoms with van der Waals surface area (Å²) in [5, 5.41) is 3.45. The van der Waals surface area contributed by atoms with Crippen LogP contribution < -0.4 is 14.8 Å². The Labute approximate surface area is 119 Å². The molecule has 0 spiro atoms. The third kappa shape index (κ3) is 3.71. The van der Waals surface area contributed by atoms with Crippen molar-refractivity contribution in [1.82, 2.24) is 10.3 Å². The first kappa shape index (κ1) is 14.3. The van der Waals surface area contributed by atoms with E-state index in [1.807, 2.05) is 30.3 Å². The number of benzene rings is 1. The standard InChI is InChI=1S/C16H20N2O2/c1-12(13-7-9-15(19-2)10-8-13)17-11-14-5-4-6-16(18-14)20-3/h4-10,12,17H,11H2,1-3H3/t12-/m1/s1. The summed E-state index contributed by atoms with van der Waals surface area (Å²) >= 11 is 0. The number of rotatable bonds is 6. The highest BCUT2D eigenvalue weighted by Gasteiger charge is 2.06. The van der Waals surface area contributed by atoms with Crippen molar-refractivity contribution in [3.05, 3.63) is 53.7 Å². The second kappa shape index (κ2) is 6.91. The maximum atomic E-state index is 5.16. The summed E-state index contributed by atoms with van der Waals surface area (Å²) in [6.07, 6.45) is 0. The van der Waals surface area contributed by atoms with Crippen molar-refractivity contribution in [2.75, 3.05) is 14.2 Å². The van der Waals surface area contributed by atoms with Crippen LogP contribution in [0.5, 0.6) is 11.6 Å². The molecule has 1 N–H and O–H groups in total. The van der Waals surface area contributed by atoms with E-state index in [0.29, 0.717) is 12.4 Å². The van der Waals surface area contributed by atoms with E-state index in [4.69, 9.17) is 9.47 Å². The number of pyridine rings is 1. The maximum Gasteiger partial charge on any atom is 0.213 e. The van der Waals surface area contributed by atoms with Crippen LogP contribution in [0.4, 0.5) is 0 Å². The molecule has 0 aliphatic heterocycles. The van der Waals surface area contributed by atoms with E-state index in [0.717, 1.165) is 11.4 Å². The second-order valence-corrected chi connectivity index (χ2v) is 4.55. The van der Waals surface area contributed by atoms with Gasteiger partial charge in [-0.1, -0.05) is 18.2 Å². The van der Waals surface area contributed by atoms with Crippen LogP contribution in [0.3, 0.4) is 0 Å². The minimum atomic E-state index is 0.244. The van der Waals surface area contributed by atoms with Crippen LogP contribution in [-0.4, -0.2) is 19.2 Å². The quantitative estimate of drug-likeness (QED) is 0.878. The fourth-order valence-electron chi connectivity index (χ4n) is 1.94. The van der Waals surface area contributed by atoms with E-state index in [1.54, 1.807) is 14.2 Å². The van der Waals surface area contributed by atoms with Gasteiger partial charge in [0.15, 0.2) is 0 Å². The summed E-state index contributed by atoms with van der Waals surface area (Å²) in [4.78, 5) is 4.38. The van der Waals surface area contributed by atoms with Gasteiger partial charge in [0.2, 0.25) is 5.88 Å². The van der Waals surface area contributed by atoms with E-state index in [2.05, 4.69) is 29.4 Å². The number of aromatic nitrogens is 1. The van der Waals surface area contributed by atoms with Crippen LogP contribution in [0.1, 0.15) is 24.2 Å². The Kier molecular flexibility index (Phi) is 4.96. The van der Waals surface area contributed by atoms with Gasteiger partial charge in [0.25, 0.3) is 0 Å². The fraction of sp³-hybridized carbons (Fsp3) is 0.312. The Morgan fingerprint density at radius 1 is 1.05 bits per heavy atom. The van der Waals surface area contributed by atoms with Gasteiger partial charge in [-0.2, -0.15) is 0 Å². The Bertz CT molecular complexity index is 540.